The smallest absolute Gasteiger partial charge is 0.325 e. The van der Waals surface area contributed by atoms with Crippen LogP contribution in [0.2, 0.25) is 0 Å². The van der Waals surface area contributed by atoms with E-state index in [1.807, 2.05) is 11.5 Å². The molecule has 1 aliphatic carbocycles. The van der Waals surface area contributed by atoms with Crippen LogP contribution in [-0.2, 0) is 17.5 Å². The number of para-hydroxylation sites is 1. The lowest BCUT2D eigenvalue weighted by molar-refractivity contribution is -0.137. The Morgan fingerprint density at radius 2 is 2.04 bits per heavy atom. The average molecular weight is 384 g/mol. The van der Waals surface area contributed by atoms with E-state index >= 15 is 0 Å². The second-order valence-corrected chi connectivity index (χ2v) is 7.46. The number of nitrogens with zero attached hydrogens (tertiary/aromatic N) is 3. The Labute approximate surface area is 153 Å². The molecule has 1 unspecified atom stereocenters. The van der Waals surface area contributed by atoms with Gasteiger partial charge in [-0.2, -0.15) is 13.2 Å². The number of hydrogen-bond donors (Lipinski definition) is 1. The van der Waals surface area contributed by atoms with Gasteiger partial charge in [-0.25, -0.2) is 0 Å². The molecule has 1 saturated carbocycles. The lowest BCUT2D eigenvalue weighted by Gasteiger charge is -2.16. The van der Waals surface area contributed by atoms with Crippen molar-refractivity contribution in [1.82, 2.24) is 14.8 Å². The second kappa shape index (κ2) is 7.30. The maximum Gasteiger partial charge on any atom is 0.418 e. The number of hydrogen-bond acceptors (Lipinski definition) is 4. The molecule has 0 aliphatic heterocycles. The quantitative estimate of drug-likeness (QED) is 0.754. The minimum Gasteiger partial charge on any atom is -0.325 e. The van der Waals surface area contributed by atoms with Crippen LogP contribution < -0.4 is 5.32 Å². The van der Waals surface area contributed by atoms with E-state index in [1.165, 1.54) is 30.0 Å². The summed E-state index contributed by atoms with van der Waals surface area (Å²) in [6.45, 7) is 4.30. The van der Waals surface area contributed by atoms with Crippen molar-refractivity contribution in [1.29, 1.82) is 0 Å². The Bertz CT molecular complexity index is 802. The molecule has 2 aromatic rings. The molecule has 1 aliphatic rings. The van der Waals surface area contributed by atoms with Crippen LogP contribution in [0.1, 0.15) is 44.0 Å². The van der Waals surface area contributed by atoms with E-state index in [9.17, 15) is 18.0 Å². The second-order valence-electron chi connectivity index (χ2n) is 6.15. The number of halogens is 3. The Morgan fingerprint density at radius 3 is 2.65 bits per heavy atom. The van der Waals surface area contributed by atoms with E-state index in [1.54, 1.807) is 6.92 Å². The Kier molecular flexibility index (Phi) is 5.27. The Balaban J connectivity index is 1.72. The third-order valence-electron chi connectivity index (χ3n) is 4.15. The van der Waals surface area contributed by atoms with E-state index in [-0.39, 0.29) is 5.69 Å². The van der Waals surface area contributed by atoms with Gasteiger partial charge in [-0.3, -0.25) is 4.79 Å². The van der Waals surface area contributed by atoms with Crippen molar-refractivity contribution in [3.05, 3.63) is 35.7 Å². The summed E-state index contributed by atoms with van der Waals surface area (Å²) in [6, 6.07) is 4.94. The zero-order valence-electron chi connectivity index (χ0n) is 14.4. The number of aromatic nitrogens is 3. The molecule has 3 rings (SSSR count). The number of benzene rings is 1. The molecule has 1 aromatic heterocycles. The normalized spacial score (nSPS) is 15.7. The lowest BCUT2D eigenvalue weighted by Crippen LogP contribution is -2.24. The van der Waals surface area contributed by atoms with Crippen LogP contribution in [-0.4, -0.2) is 25.9 Å². The van der Waals surface area contributed by atoms with Crippen molar-refractivity contribution in [3.8, 4) is 0 Å². The van der Waals surface area contributed by atoms with Crippen LogP contribution in [0.5, 0.6) is 0 Å². The van der Waals surface area contributed by atoms with Gasteiger partial charge in [-0.15, -0.1) is 10.2 Å². The van der Waals surface area contributed by atoms with Crippen molar-refractivity contribution >= 4 is 23.4 Å². The van der Waals surface area contributed by atoms with Gasteiger partial charge in [0.15, 0.2) is 5.16 Å². The summed E-state index contributed by atoms with van der Waals surface area (Å²) in [4.78, 5) is 12.4. The maximum absolute atomic E-state index is 13.1. The van der Waals surface area contributed by atoms with Gasteiger partial charge in [0.25, 0.3) is 0 Å². The number of nitrogens with one attached hydrogen (secondary N) is 1. The number of anilines is 1. The number of carbonyl (C=O) groups is 1. The van der Waals surface area contributed by atoms with E-state index in [0.29, 0.717) is 17.6 Å². The molecule has 0 saturated heterocycles. The number of thioether (sulfide) groups is 1. The molecule has 140 valence electrons. The molecular weight excluding hydrogens is 365 g/mol. The molecule has 0 radical (unpaired) electrons. The molecular formula is C17H19F3N4OS. The fraction of sp³-hybridized carbons (Fsp3) is 0.471. The first-order valence-electron chi connectivity index (χ1n) is 8.38. The molecule has 1 N–H and O–H groups in total. The molecule has 5 nitrogen and oxygen atoms in total. The molecule has 1 atom stereocenters. The van der Waals surface area contributed by atoms with Gasteiger partial charge in [-0.1, -0.05) is 23.9 Å². The molecule has 1 amide bonds. The van der Waals surface area contributed by atoms with Crippen LogP contribution in [0.15, 0.2) is 29.4 Å². The first-order chi connectivity index (χ1) is 12.3. The van der Waals surface area contributed by atoms with Crippen molar-refractivity contribution in [2.45, 2.75) is 55.7 Å². The lowest BCUT2D eigenvalue weighted by atomic mass is 10.1. The first kappa shape index (κ1) is 18.8. The number of amides is 1. The highest BCUT2D eigenvalue weighted by molar-refractivity contribution is 8.00. The van der Waals surface area contributed by atoms with Crippen molar-refractivity contribution < 1.29 is 18.0 Å². The fourth-order valence-electron chi connectivity index (χ4n) is 2.61. The van der Waals surface area contributed by atoms with E-state index in [2.05, 4.69) is 15.5 Å². The minimum absolute atomic E-state index is 0.243. The monoisotopic (exact) mass is 384 g/mol. The zero-order chi connectivity index (χ0) is 18.9. The summed E-state index contributed by atoms with van der Waals surface area (Å²) in [5.41, 5.74) is -1.11. The summed E-state index contributed by atoms with van der Waals surface area (Å²) < 4.78 is 41.1. The highest BCUT2D eigenvalue weighted by Gasteiger charge is 2.34. The van der Waals surface area contributed by atoms with E-state index in [0.717, 1.165) is 24.7 Å². The molecule has 1 aromatic carbocycles. The molecule has 0 spiro atoms. The van der Waals surface area contributed by atoms with E-state index in [4.69, 9.17) is 0 Å². The summed E-state index contributed by atoms with van der Waals surface area (Å²) in [5, 5.41) is 10.7. The largest absolute Gasteiger partial charge is 0.418 e. The number of alkyl halides is 3. The highest BCUT2D eigenvalue weighted by atomic mass is 32.2. The van der Waals surface area contributed by atoms with Crippen molar-refractivity contribution in [2.75, 3.05) is 5.32 Å². The molecule has 0 bridgehead atoms. The van der Waals surface area contributed by atoms with Gasteiger partial charge in [0, 0.05) is 12.5 Å². The highest BCUT2D eigenvalue weighted by Crippen LogP contribution is 2.40. The number of carbonyl (C=O) groups excluding carboxylic acids is 1. The molecule has 9 heteroatoms. The van der Waals surface area contributed by atoms with Crippen molar-refractivity contribution in [2.24, 2.45) is 0 Å². The topological polar surface area (TPSA) is 59.8 Å². The van der Waals surface area contributed by atoms with Crippen LogP contribution in [0, 0.1) is 0 Å². The third-order valence-corrected chi connectivity index (χ3v) is 5.23. The standard InChI is InChI=1S/C17H19F3N4OS/c1-3-24-14(11-8-9-11)22-23-16(24)26-10(2)15(25)21-13-7-5-4-6-12(13)17(18,19)20/h4-7,10-11H,3,8-9H2,1-2H3,(H,21,25). The molecule has 1 fully saturated rings. The Hall–Kier alpha value is -2.03. The van der Waals surface area contributed by atoms with Gasteiger partial charge >= 0.3 is 6.18 Å². The number of rotatable bonds is 6. The third kappa shape index (κ3) is 4.03. The SMILES string of the molecule is CCn1c(SC(C)C(=O)Nc2ccccc2C(F)(F)F)nnc1C1CC1. The predicted molar refractivity (Wildman–Crippen MR) is 93.1 cm³/mol. The summed E-state index contributed by atoms with van der Waals surface area (Å²) >= 11 is 1.20. The summed E-state index contributed by atoms with van der Waals surface area (Å²) in [6.07, 6.45) is -2.35. The fourth-order valence-corrected chi connectivity index (χ4v) is 3.53. The minimum atomic E-state index is -4.53. The Morgan fingerprint density at radius 1 is 1.35 bits per heavy atom. The van der Waals surface area contributed by atoms with Gasteiger partial charge in [0.2, 0.25) is 5.91 Å². The van der Waals surface area contributed by atoms with Gasteiger partial charge in [-0.05, 0) is 38.8 Å². The van der Waals surface area contributed by atoms with Gasteiger partial charge in [0.1, 0.15) is 5.82 Å². The molecule has 26 heavy (non-hydrogen) atoms. The van der Waals surface area contributed by atoms with Crippen LogP contribution in [0.3, 0.4) is 0 Å². The van der Waals surface area contributed by atoms with Crippen LogP contribution >= 0.6 is 11.8 Å². The molecule has 1 heterocycles. The van der Waals surface area contributed by atoms with Gasteiger partial charge in [0.05, 0.1) is 16.5 Å². The predicted octanol–water partition coefficient (Wildman–Crippen LogP) is 4.31. The van der Waals surface area contributed by atoms with Crippen LogP contribution in [0.25, 0.3) is 0 Å². The summed E-state index contributed by atoms with van der Waals surface area (Å²) in [7, 11) is 0. The average Bonchev–Trinajstić information content (AvgIpc) is 3.35. The van der Waals surface area contributed by atoms with Crippen LogP contribution in [0.4, 0.5) is 18.9 Å². The first-order valence-corrected chi connectivity index (χ1v) is 9.26. The zero-order valence-corrected chi connectivity index (χ0v) is 15.2. The maximum atomic E-state index is 13.1. The van der Waals surface area contributed by atoms with Crippen molar-refractivity contribution in [3.63, 3.8) is 0 Å². The summed E-state index contributed by atoms with van der Waals surface area (Å²) in [5.74, 6) is 0.843. The van der Waals surface area contributed by atoms with E-state index < -0.39 is 22.9 Å². The van der Waals surface area contributed by atoms with Gasteiger partial charge < -0.3 is 9.88 Å².